The van der Waals surface area contributed by atoms with Gasteiger partial charge in [0.1, 0.15) is 5.75 Å². The molecule has 0 unspecified atom stereocenters. The largest absolute Gasteiger partial charge is 0.494 e. The van der Waals surface area contributed by atoms with Gasteiger partial charge in [-0.2, -0.15) is 0 Å². The molecule has 0 saturated heterocycles. The first-order chi connectivity index (χ1) is 14.7. The highest BCUT2D eigenvalue weighted by Crippen LogP contribution is 2.25. The fraction of sp³-hybridized carbons (Fsp3) is 0.286. The van der Waals surface area contributed by atoms with Crippen molar-refractivity contribution in [2.45, 2.75) is 37.7 Å². The normalized spacial score (nSPS) is 11.1. The second kappa shape index (κ2) is 9.08. The average molecular weight is 423 g/mol. The lowest BCUT2D eigenvalue weighted by Gasteiger charge is -2.13. The molecule has 0 bridgehead atoms. The summed E-state index contributed by atoms with van der Waals surface area (Å²) >= 11 is 1.44. The van der Waals surface area contributed by atoms with Crippen LogP contribution in [0.4, 0.5) is 0 Å². The highest BCUT2D eigenvalue weighted by atomic mass is 32.2. The van der Waals surface area contributed by atoms with Crippen LogP contribution in [0.2, 0.25) is 0 Å². The third kappa shape index (κ3) is 4.06. The molecule has 0 fully saturated rings. The summed E-state index contributed by atoms with van der Waals surface area (Å²) in [5.41, 5.74) is 1.29. The number of hydrogen-bond donors (Lipinski definition) is 0. The minimum absolute atomic E-state index is 0.111. The lowest BCUT2D eigenvalue weighted by molar-refractivity contribution is 0.340. The Morgan fingerprint density at radius 3 is 2.63 bits per heavy atom. The number of benzene rings is 2. The van der Waals surface area contributed by atoms with E-state index >= 15 is 0 Å². The van der Waals surface area contributed by atoms with Crippen molar-refractivity contribution in [3.8, 4) is 11.4 Å². The van der Waals surface area contributed by atoms with Crippen molar-refractivity contribution in [1.82, 2.24) is 29.8 Å². The van der Waals surface area contributed by atoms with Gasteiger partial charge in [0.25, 0.3) is 5.56 Å². The van der Waals surface area contributed by atoms with Crippen LogP contribution in [-0.2, 0) is 12.3 Å². The van der Waals surface area contributed by atoms with E-state index < -0.39 is 0 Å². The summed E-state index contributed by atoms with van der Waals surface area (Å²) in [7, 11) is 0. The zero-order valence-corrected chi connectivity index (χ0v) is 17.7. The van der Waals surface area contributed by atoms with Crippen molar-refractivity contribution in [1.29, 1.82) is 0 Å². The van der Waals surface area contributed by atoms with E-state index in [1.165, 1.54) is 11.8 Å². The van der Waals surface area contributed by atoms with Crippen LogP contribution in [0.15, 0.2) is 58.5 Å². The van der Waals surface area contributed by atoms with Gasteiger partial charge in [-0.15, -0.1) is 5.10 Å². The van der Waals surface area contributed by atoms with Crippen LogP contribution in [0, 0.1) is 0 Å². The molecule has 0 N–H and O–H groups in total. The highest BCUT2D eigenvalue weighted by Gasteiger charge is 2.15. The molecule has 9 heteroatoms. The molecular formula is C21H22N6O2S. The fourth-order valence-electron chi connectivity index (χ4n) is 3.14. The molecule has 8 nitrogen and oxygen atoms in total. The first kappa shape index (κ1) is 20.1. The Morgan fingerprint density at radius 2 is 1.87 bits per heavy atom. The van der Waals surface area contributed by atoms with E-state index in [0.717, 1.165) is 30.2 Å². The Balaban J connectivity index is 1.76. The number of aromatic nitrogens is 6. The predicted molar refractivity (Wildman–Crippen MR) is 116 cm³/mol. The highest BCUT2D eigenvalue weighted by molar-refractivity contribution is 7.98. The molecule has 0 atom stereocenters. The molecule has 0 spiro atoms. The third-order valence-electron chi connectivity index (χ3n) is 4.52. The van der Waals surface area contributed by atoms with Crippen molar-refractivity contribution in [2.24, 2.45) is 0 Å². The standard InChI is InChI=1S/C21H22N6O2S/c1-3-13-26-19(23-24-25-26)14-30-21-22-18-8-6-5-7-17(18)20(28)27(21)15-9-11-16(12-10-15)29-4-2/h5-12H,3-4,13-14H2,1-2H3. The Labute approximate surface area is 177 Å². The maximum absolute atomic E-state index is 13.3. The molecule has 0 aliphatic heterocycles. The van der Waals surface area contributed by atoms with Crippen molar-refractivity contribution in [3.05, 3.63) is 64.7 Å². The lowest BCUT2D eigenvalue weighted by Crippen LogP contribution is -2.21. The minimum Gasteiger partial charge on any atom is -0.494 e. The van der Waals surface area contributed by atoms with Gasteiger partial charge in [-0.25, -0.2) is 9.67 Å². The summed E-state index contributed by atoms with van der Waals surface area (Å²) in [6.45, 7) is 5.35. The van der Waals surface area contributed by atoms with Gasteiger partial charge in [0.2, 0.25) is 0 Å². The maximum Gasteiger partial charge on any atom is 0.266 e. The number of fused-ring (bicyclic) bond motifs is 1. The quantitative estimate of drug-likeness (QED) is 0.317. The fourth-order valence-corrected chi connectivity index (χ4v) is 4.08. The molecule has 0 amide bonds. The Morgan fingerprint density at radius 1 is 1.07 bits per heavy atom. The number of para-hydroxylation sites is 1. The minimum atomic E-state index is -0.111. The number of ether oxygens (including phenoxy) is 1. The average Bonchev–Trinajstić information content (AvgIpc) is 3.21. The molecule has 154 valence electrons. The van der Waals surface area contributed by atoms with E-state index in [2.05, 4.69) is 22.4 Å². The van der Waals surface area contributed by atoms with Gasteiger partial charge < -0.3 is 4.74 Å². The third-order valence-corrected chi connectivity index (χ3v) is 5.46. The van der Waals surface area contributed by atoms with Gasteiger partial charge in [0, 0.05) is 6.54 Å². The number of nitrogens with zero attached hydrogens (tertiary/aromatic N) is 6. The van der Waals surface area contributed by atoms with Crippen LogP contribution >= 0.6 is 11.8 Å². The van der Waals surface area contributed by atoms with Crippen LogP contribution in [0.3, 0.4) is 0 Å². The van der Waals surface area contributed by atoms with E-state index in [1.54, 1.807) is 15.3 Å². The molecule has 0 aliphatic rings. The summed E-state index contributed by atoms with van der Waals surface area (Å²) in [5, 5.41) is 13.1. The molecule has 30 heavy (non-hydrogen) atoms. The van der Waals surface area contributed by atoms with Crippen LogP contribution in [0.5, 0.6) is 5.75 Å². The molecule has 2 heterocycles. The number of thioether (sulfide) groups is 1. The van der Waals surface area contributed by atoms with Gasteiger partial charge in [-0.3, -0.25) is 9.36 Å². The van der Waals surface area contributed by atoms with Crippen LogP contribution in [0.25, 0.3) is 16.6 Å². The second-order valence-corrected chi connectivity index (χ2v) is 7.53. The van der Waals surface area contributed by atoms with E-state index in [9.17, 15) is 4.79 Å². The van der Waals surface area contributed by atoms with Crippen molar-refractivity contribution >= 4 is 22.7 Å². The van der Waals surface area contributed by atoms with Crippen molar-refractivity contribution in [3.63, 3.8) is 0 Å². The monoisotopic (exact) mass is 422 g/mol. The summed E-state index contributed by atoms with van der Waals surface area (Å²) in [6.07, 6.45) is 0.938. The van der Waals surface area contributed by atoms with Crippen LogP contribution in [0.1, 0.15) is 26.1 Å². The molecule has 4 aromatic rings. The zero-order valence-electron chi connectivity index (χ0n) is 16.9. The van der Waals surface area contributed by atoms with Gasteiger partial charge >= 0.3 is 0 Å². The van der Waals surface area contributed by atoms with E-state index in [4.69, 9.17) is 9.72 Å². The topological polar surface area (TPSA) is 87.7 Å². The van der Waals surface area contributed by atoms with Gasteiger partial charge in [-0.05, 0) is 60.2 Å². The smallest absolute Gasteiger partial charge is 0.266 e. The van der Waals surface area contributed by atoms with E-state index in [1.807, 2.05) is 49.4 Å². The second-order valence-electron chi connectivity index (χ2n) is 6.59. The number of rotatable bonds is 8. The number of tetrazole rings is 1. The summed E-state index contributed by atoms with van der Waals surface area (Å²) in [4.78, 5) is 18.1. The first-order valence-electron chi connectivity index (χ1n) is 9.84. The SMILES string of the molecule is CCCn1nnnc1CSc1nc2ccccc2c(=O)n1-c1ccc(OCC)cc1. The zero-order chi connectivity index (χ0) is 20.9. The molecule has 0 radical (unpaired) electrons. The van der Waals surface area contributed by atoms with Gasteiger partial charge in [0.15, 0.2) is 11.0 Å². The summed E-state index contributed by atoms with van der Waals surface area (Å²) < 4.78 is 8.95. The molecule has 2 aromatic heterocycles. The molecule has 0 saturated carbocycles. The summed E-state index contributed by atoms with van der Waals surface area (Å²) in [5.74, 6) is 2.02. The van der Waals surface area contributed by atoms with Crippen LogP contribution in [-0.4, -0.2) is 36.4 Å². The molecule has 2 aromatic carbocycles. The van der Waals surface area contributed by atoms with Gasteiger partial charge in [-0.1, -0.05) is 30.8 Å². The van der Waals surface area contributed by atoms with Gasteiger partial charge in [0.05, 0.1) is 29.0 Å². The number of hydrogen-bond acceptors (Lipinski definition) is 7. The first-order valence-corrected chi connectivity index (χ1v) is 10.8. The molecular weight excluding hydrogens is 400 g/mol. The maximum atomic E-state index is 13.3. The van der Waals surface area contributed by atoms with Crippen molar-refractivity contribution in [2.75, 3.05) is 6.61 Å². The predicted octanol–water partition coefficient (Wildman–Crippen LogP) is 3.47. The van der Waals surface area contributed by atoms with E-state index in [0.29, 0.717) is 28.4 Å². The van der Waals surface area contributed by atoms with Crippen molar-refractivity contribution < 1.29 is 4.74 Å². The molecule has 4 rings (SSSR count). The van der Waals surface area contributed by atoms with E-state index in [-0.39, 0.29) is 5.56 Å². The molecule has 0 aliphatic carbocycles. The Kier molecular flexibility index (Phi) is 6.08. The summed E-state index contributed by atoms with van der Waals surface area (Å²) in [6, 6.07) is 14.8. The van der Waals surface area contributed by atoms with Crippen LogP contribution < -0.4 is 10.3 Å². The Hall–Kier alpha value is -3.20. The lowest BCUT2D eigenvalue weighted by atomic mass is 10.2. The Bertz CT molecular complexity index is 1200. The number of aryl methyl sites for hydroxylation is 1.